The number of hydrogen-bond acceptors (Lipinski definition) is 4. The predicted octanol–water partition coefficient (Wildman–Crippen LogP) is 6.91. The van der Waals surface area contributed by atoms with Gasteiger partial charge in [0.1, 0.15) is 23.8 Å². The Bertz CT molecular complexity index is 1730. The van der Waals surface area contributed by atoms with E-state index in [0.29, 0.717) is 22.9 Å². The van der Waals surface area contributed by atoms with Crippen LogP contribution in [0.15, 0.2) is 106 Å². The quantitative estimate of drug-likeness (QED) is 0.242. The minimum atomic E-state index is -0.780. The molecule has 1 aliphatic heterocycles. The molecular formula is C31H21ClFNO4. The Labute approximate surface area is 222 Å². The number of carbonyl (C=O) groups excluding carboxylic acids is 1. The summed E-state index contributed by atoms with van der Waals surface area (Å²) in [4.78, 5) is 29.0. The number of hydrogen-bond donors (Lipinski definition) is 0. The molecule has 5 aromatic rings. The van der Waals surface area contributed by atoms with Crippen molar-refractivity contribution in [2.75, 3.05) is 0 Å². The third kappa shape index (κ3) is 4.33. The van der Waals surface area contributed by atoms with Crippen LogP contribution in [0.5, 0.6) is 5.75 Å². The van der Waals surface area contributed by atoms with Crippen molar-refractivity contribution in [3.63, 3.8) is 0 Å². The lowest BCUT2D eigenvalue weighted by Gasteiger charge is -2.26. The van der Waals surface area contributed by atoms with E-state index in [1.54, 1.807) is 11.0 Å². The van der Waals surface area contributed by atoms with Gasteiger partial charge >= 0.3 is 0 Å². The first-order valence-electron chi connectivity index (χ1n) is 12.1. The molecule has 1 atom stereocenters. The smallest absolute Gasteiger partial charge is 0.291 e. The van der Waals surface area contributed by atoms with Gasteiger partial charge in [-0.2, -0.15) is 0 Å². The summed E-state index contributed by atoms with van der Waals surface area (Å²) in [5, 5.41) is 0.582. The molecule has 4 aromatic carbocycles. The second-order valence-corrected chi connectivity index (χ2v) is 9.50. The van der Waals surface area contributed by atoms with Gasteiger partial charge in [-0.25, -0.2) is 4.39 Å². The maximum absolute atomic E-state index is 14.1. The van der Waals surface area contributed by atoms with Gasteiger partial charge in [0.05, 0.1) is 17.0 Å². The number of fused-ring (bicyclic) bond motifs is 2. The van der Waals surface area contributed by atoms with Crippen LogP contribution in [0.3, 0.4) is 0 Å². The van der Waals surface area contributed by atoms with Gasteiger partial charge in [0.2, 0.25) is 5.76 Å². The van der Waals surface area contributed by atoms with E-state index < -0.39 is 23.2 Å². The van der Waals surface area contributed by atoms with Crippen LogP contribution in [-0.2, 0) is 13.2 Å². The van der Waals surface area contributed by atoms with Crippen LogP contribution in [0, 0.1) is 5.82 Å². The first kappa shape index (κ1) is 23.9. The van der Waals surface area contributed by atoms with Crippen molar-refractivity contribution in [1.29, 1.82) is 0 Å². The van der Waals surface area contributed by atoms with Crippen LogP contribution in [0.1, 0.15) is 38.9 Å². The van der Waals surface area contributed by atoms with Crippen molar-refractivity contribution in [2.24, 2.45) is 0 Å². The van der Waals surface area contributed by atoms with Crippen molar-refractivity contribution in [3.05, 3.63) is 146 Å². The largest absolute Gasteiger partial charge is 0.489 e. The van der Waals surface area contributed by atoms with Crippen LogP contribution in [0.25, 0.3) is 11.0 Å². The maximum Gasteiger partial charge on any atom is 0.291 e. The van der Waals surface area contributed by atoms with Gasteiger partial charge in [0, 0.05) is 11.6 Å². The molecule has 2 heterocycles. The van der Waals surface area contributed by atoms with Gasteiger partial charge in [0.15, 0.2) is 5.43 Å². The molecule has 0 radical (unpaired) electrons. The molecule has 1 aromatic heterocycles. The zero-order chi connectivity index (χ0) is 26.2. The zero-order valence-electron chi connectivity index (χ0n) is 20.1. The maximum atomic E-state index is 14.1. The van der Waals surface area contributed by atoms with Crippen LogP contribution in [-0.4, -0.2) is 10.8 Å². The molecule has 0 saturated heterocycles. The number of ether oxygens (including phenoxy) is 1. The molecule has 1 amide bonds. The van der Waals surface area contributed by atoms with Gasteiger partial charge in [-0.05, 0) is 53.1 Å². The van der Waals surface area contributed by atoms with Crippen molar-refractivity contribution >= 4 is 28.5 Å². The van der Waals surface area contributed by atoms with Crippen LogP contribution in [0.4, 0.5) is 4.39 Å². The van der Waals surface area contributed by atoms with Gasteiger partial charge in [-0.15, -0.1) is 0 Å². The Morgan fingerprint density at radius 2 is 1.68 bits per heavy atom. The minimum Gasteiger partial charge on any atom is -0.489 e. The topological polar surface area (TPSA) is 59.8 Å². The van der Waals surface area contributed by atoms with E-state index in [-0.39, 0.29) is 28.8 Å². The lowest BCUT2D eigenvalue weighted by atomic mass is 9.98. The molecule has 0 fully saturated rings. The monoisotopic (exact) mass is 525 g/mol. The summed E-state index contributed by atoms with van der Waals surface area (Å²) in [6.07, 6.45) is 0. The molecule has 0 spiro atoms. The molecule has 6 rings (SSSR count). The number of amides is 1. The third-order valence-electron chi connectivity index (χ3n) is 6.65. The average molecular weight is 526 g/mol. The SMILES string of the molecule is O=C1c2oc3ccc(F)cc3c(=O)c2C(c2cccc(OCc3ccccc3)c2)N1Cc1ccccc1Cl. The van der Waals surface area contributed by atoms with E-state index >= 15 is 0 Å². The van der Waals surface area contributed by atoms with E-state index in [2.05, 4.69) is 0 Å². The second kappa shape index (κ2) is 9.80. The molecule has 0 N–H and O–H groups in total. The highest BCUT2D eigenvalue weighted by molar-refractivity contribution is 6.31. The number of halogens is 2. The molecule has 0 aliphatic carbocycles. The fourth-order valence-electron chi connectivity index (χ4n) is 4.83. The number of benzene rings is 4. The summed E-state index contributed by atoms with van der Waals surface area (Å²) in [6, 6.07) is 27.2. The van der Waals surface area contributed by atoms with Crippen LogP contribution >= 0.6 is 11.6 Å². The fourth-order valence-corrected chi connectivity index (χ4v) is 5.02. The Morgan fingerprint density at radius 1 is 0.895 bits per heavy atom. The lowest BCUT2D eigenvalue weighted by Crippen LogP contribution is -2.29. The Hall–Kier alpha value is -4.42. The van der Waals surface area contributed by atoms with Crippen molar-refractivity contribution in [3.8, 4) is 5.75 Å². The lowest BCUT2D eigenvalue weighted by molar-refractivity contribution is 0.0714. The van der Waals surface area contributed by atoms with Gasteiger partial charge < -0.3 is 14.1 Å². The van der Waals surface area contributed by atoms with Crippen molar-refractivity contribution in [1.82, 2.24) is 4.90 Å². The van der Waals surface area contributed by atoms with E-state index in [0.717, 1.165) is 17.2 Å². The Balaban J connectivity index is 1.46. The van der Waals surface area contributed by atoms with Gasteiger partial charge in [-0.1, -0.05) is 72.3 Å². The highest BCUT2D eigenvalue weighted by Gasteiger charge is 2.43. The summed E-state index contributed by atoms with van der Waals surface area (Å²) in [5.74, 6) is -0.471. The van der Waals surface area contributed by atoms with E-state index in [9.17, 15) is 14.0 Å². The summed E-state index contributed by atoms with van der Waals surface area (Å²) in [7, 11) is 0. The zero-order valence-corrected chi connectivity index (χ0v) is 20.8. The molecule has 1 unspecified atom stereocenters. The van der Waals surface area contributed by atoms with Crippen LogP contribution in [0.2, 0.25) is 5.02 Å². The summed E-state index contributed by atoms with van der Waals surface area (Å²) < 4.78 is 26.0. The number of nitrogens with zero attached hydrogens (tertiary/aromatic N) is 1. The first-order chi connectivity index (χ1) is 18.5. The number of rotatable bonds is 6. The minimum absolute atomic E-state index is 0.0539. The second-order valence-electron chi connectivity index (χ2n) is 9.09. The summed E-state index contributed by atoms with van der Waals surface area (Å²) >= 11 is 6.43. The third-order valence-corrected chi connectivity index (χ3v) is 7.02. The van der Waals surface area contributed by atoms with Crippen molar-refractivity contribution < 1.29 is 18.3 Å². The molecule has 1 aliphatic rings. The molecule has 7 heteroatoms. The molecule has 0 saturated carbocycles. The summed E-state index contributed by atoms with van der Waals surface area (Å²) in [5.41, 5.74) is 2.27. The standard InChI is InChI=1S/C31H21ClFNO4/c32-25-12-5-4-9-21(25)17-34-28(20-10-6-11-23(15-20)37-18-19-7-2-1-3-8-19)27-29(35)24-16-22(33)13-14-26(24)38-30(27)31(34)36/h1-16,28H,17-18H2. The van der Waals surface area contributed by atoms with E-state index in [1.165, 1.54) is 12.1 Å². The molecular weight excluding hydrogens is 505 g/mol. The first-order valence-corrected chi connectivity index (χ1v) is 12.4. The average Bonchev–Trinajstić information content (AvgIpc) is 3.21. The van der Waals surface area contributed by atoms with Gasteiger partial charge in [-0.3, -0.25) is 9.59 Å². The molecule has 0 bridgehead atoms. The highest BCUT2D eigenvalue weighted by atomic mass is 35.5. The Kier molecular flexibility index (Phi) is 6.18. The van der Waals surface area contributed by atoms with Crippen molar-refractivity contribution in [2.45, 2.75) is 19.2 Å². The fraction of sp³-hybridized carbons (Fsp3) is 0.0968. The van der Waals surface area contributed by atoms with Gasteiger partial charge in [0.25, 0.3) is 5.91 Å². The predicted molar refractivity (Wildman–Crippen MR) is 143 cm³/mol. The molecule has 188 valence electrons. The normalized spacial score (nSPS) is 14.6. The molecule has 5 nitrogen and oxygen atoms in total. The van der Waals surface area contributed by atoms with E-state index in [4.69, 9.17) is 20.8 Å². The van der Waals surface area contributed by atoms with E-state index in [1.807, 2.05) is 72.8 Å². The van der Waals surface area contributed by atoms with Crippen LogP contribution < -0.4 is 10.2 Å². The Morgan fingerprint density at radius 3 is 2.50 bits per heavy atom. The highest BCUT2D eigenvalue weighted by Crippen LogP contribution is 2.40. The molecule has 38 heavy (non-hydrogen) atoms. The summed E-state index contributed by atoms with van der Waals surface area (Å²) in [6.45, 7) is 0.506. The number of carbonyl (C=O) groups is 1.